The molecule has 1 aliphatic heterocycles. The van der Waals surface area contributed by atoms with Crippen molar-refractivity contribution < 1.29 is 14.3 Å². The number of hydrogen-bond donors (Lipinski definition) is 0. The van der Waals surface area contributed by atoms with Gasteiger partial charge in [0.1, 0.15) is 18.3 Å². The van der Waals surface area contributed by atoms with E-state index < -0.39 is 6.04 Å². The summed E-state index contributed by atoms with van der Waals surface area (Å²) < 4.78 is 5.20. The van der Waals surface area contributed by atoms with E-state index >= 15 is 0 Å². The standard InChI is InChI=1S/C22H19N3O3/c1-28-19-11-9-18(10-12-19)25-20(26)15-24(17-7-3-2-4-8-17)22(27)21(25)16-6-5-13-23-14-16/h2-14,21H,15H2,1H3/t21-/m0/s1. The molecule has 0 aliphatic carbocycles. The second kappa shape index (κ2) is 7.52. The van der Waals surface area contributed by atoms with Crippen LogP contribution in [0.1, 0.15) is 11.6 Å². The Balaban J connectivity index is 1.79. The minimum Gasteiger partial charge on any atom is -0.497 e. The van der Waals surface area contributed by atoms with Gasteiger partial charge in [0.15, 0.2) is 0 Å². The summed E-state index contributed by atoms with van der Waals surface area (Å²) in [6, 6.07) is 19.1. The number of para-hydroxylation sites is 1. The Kier molecular flexibility index (Phi) is 4.76. The van der Waals surface area contributed by atoms with Gasteiger partial charge in [-0.3, -0.25) is 19.5 Å². The highest BCUT2D eigenvalue weighted by atomic mass is 16.5. The molecule has 0 bridgehead atoms. The van der Waals surface area contributed by atoms with Crippen LogP contribution in [-0.4, -0.2) is 30.5 Å². The number of benzene rings is 2. The Morgan fingerprint density at radius 3 is 2.32 bits per heavy atom. The van der Waals surface area contributed by atoms with Crippen molar-refractivity contribution in [1.29, 1.82) is 0 Å². The molecule has 28 heavy (non-hydrogen) atoms. The van der Waals surface area contributed by atoms with E-state index in [-0.39, 0.29) is 18.4 Å². The molecule has 1 saturated heterocycles. The number of anilines is 2. The Morgan fingerprint density at radius 1 is 0.929 bits per heavy atom. The molecular formula is C22H19N3O3. The highest BCUT2D eigenvalue weighted by Crippen LogP contribution is 2.34. The lowest BCUT2D eigenvalue weighted by molar-refractivity contribution is -0.128. The third kappa shape index (κ3) is 3.20. The summed E-state index contributed by atoms with van der Waals surface area (Å²) in [6.07, 6.45) is 3.27. The summed E-state index contributed by atoms with van der Waals surface area (Å²) in [7, 11) is 1.58. The lowest BCUT2D eigenvalue weighted by atomic mass is 10.0. The molecule has 2 aromatic carbocycles. The van der Waals surface area contributed by atoms with E-state index in [9.17, 15) is 9.59 Å². The summed E-state index contributed by atoms with van der Waals surface area (Å²) in [4.78, 5) is 33.8. The summed E-state index contributed by atoms with van der Waals surface area (Å²) in [5, 5.41) is 0. The van der Waals surface area contributed by atoms with Gasteiger partial charge in [-0.15, -0.1) is 0 Å². The van der Waals surface area contributed by atoms with Crippen molar-refractivity contribution in [1.82, 2.24) is 4.98 Å². The number of amides is 2. The van der Waals surface area contributed by atoms with Gasteiger partial charge in [-0.2, -0.15) is 0 Å². The molecule has 0 saturated carbocycles. The van der Waals surface area contributed by atoms with Gasteiger partial charge in [0.2, 0.25) is 5.91 Å². The molecule has 2 heterocycles. The molecule has 1 fully saturated rings. The maximum atomic E-state index is 13.5. The molecule has 0 unspecified atom stereocenters. The van der Waals surface area contributed by atoms with Gasteiger partial charge >= 0.3 is 0 Å². The monoisotopic (exact) mass is 373 g/mol. The molecule has 2 amide bonds. The maximum absolute atomic E-state index is 13.5. The normalized spacial score (nSPS) is 17.0. The van der Waals surface area contributed by atoms with Crippen LogP contribution in [0.4, 0.5) is 11.4 Å². The minimum atomic E-state index is -0.788. The predicted molar refractivity (Wildman–Crippen MR) is 106 cm³/mol. The number of nitrogens with zero attached hydrogens (tertiary/aromatic N) is 3. The number of rotatable bonds is 4. The second-order valence-electron chi connectivity index (χ2n) is 6.41. The van der Waals surface area contributed by atoms with Gasteiger partial charge in [-0.1, -0.05) is 24.3 Å². The lowest BCUT2D eigenvalue weighted by Gasteiger charge is -2.40. The zero-order chi connectivity index (χ0) is 19.5. The first-order valence-electron chi connectivity index (χ1n) is 8.91. The van der Waals surface area contributed by atoms with Crippen molar-refractivity contribution in [2.24, 2.45) is 0 Å². The van der Waals surface area contributed by atoms with E-state index in [0.717, 1.165) is 0 Å². The average Bonchev–Trinajstić information content (AvgIpc) is 2.76. The third-order valence-corrected chi connectivity index (χ3v) is 4.74. The van der Waals surface area contributed by atoms with Crippen molar-refractivity contribution in [2.75, 3.05) is 23.5 Å². The van der Waals surface area contributed by atoms with Crippen LogP contribution in [0.25, 0.3) is 0 Å². The zero-order valence-corrected chi connectivity index (χ0v) is 15.4. The molecule has 1 atom stereocenters. The Hall–Kier alpha value is -3.67. The molecule has 6 nitrogen and oxygen atoms in total. The minimum absolute atomic E-state index is 0.0222. The van der Waals surface area contributed by atoms with E-state index in [0.29, 0.717) is 22.7 Å². The molecule has 0 spiro atoms. The van der Waals surface area contributed by atoms with Crippen molar-refractivity contribution in [3.05, 3.63) is 84.7 Å². The highest BCUT2D eigenvalue weighted by molar-refractivity contribution is 6.14. The van der Waals surface area contributed by atoms with E-state index in [1.807, 2.05) is 36.4 Å². The van der Waals surface area contributed by atoms with Crippen molar-refractivity contribution in [3.63, 3.8) is 0 Å². The van der Waals surface area contributed by atoms with Crippen LogP contribution >= 0.6 is 0 Å². The number of methoxy groups -OCH3 is 1. The molecule has 3 aromatic rings. The molecule has 1 aromatic heterocycles. The number of hydrogen-bond acceptors (Lipinski definition) is 4. The van der Waals surface area contributed by atoms with Gasteiger partial charge in [0, 0.05) is 29.3 Å². The van der Waals surface area contributed by atoms with Gasteiger partial charge in [-0.05, 0) is 42.5 Å². The summed E-state index contributed by atoms with van der Waals surface area (Å²) in [5.74, 6) is 0.348. The van der Waals surface area contributed by atoms with Crippen molar-refractivity contribution in [3.8, 4) is 5.75 Å². The highest BCUT2D eigenvalue weighted by Gasteiger charge is 2.41. The van der Waals surface area contributed by atoms with Crippen LogP contribution in [0.15, 0.2) is 79.1 Å². The molecular weight excluding hydrogens is 354 g/mol. The maximum Gasteiger partial charge on any atom is 0.255 e. The number of piperazine rings is 1. The summed E-state index contributed by atoms with van der Waals surface area (Å²) in [6.45, 7) is -0.0222. The zero-order valence-electron chi connectivity index (χ0n) is 15.4. The summed E-state index contributed by atoms with van der Waals surface area (Å²) >= 11 is 0. The van der Waals surface area contributed by atoms with E-state index in [1.165, 1.54) is 9.80 Å². The molecule has 1 aliphatic rings. The Labute approximate surface area is 163 Å². The molecule has 0 radical (unpaired) electrons. The van der Waals surface area contributed by atoms with Crippen molar-refractivity contribution >= 4 is 23.2 Å². The lowest BCUT2D eigenvalue weighted by Crippen LogP contribution is -2.56. The van der Waals surface area contributed by atoms with E-state index in [2.05, 4.69) is 4.98 Å². The number of aromatic nitrogens is 1. The van der Waals surface area contributed by atoms with Crippen LogP contribution in [0.3, 0.4) is 0 Å². The Bertz CT molecular complexity index is 975. The first-order chi connectivity index (χ1) is 13.7. The molecule has 4 rings (SSSR count). The fourth-order valence-electron chi connectivity index (χ4n) is 3.38. The smallest absolute Gasteiger partial charge is 0.255 e. The van der Waals surface area contributed by atoms with Crippen molar-refractivity contribution in [2.45, 2.75) is 6.04 Å². The van der Waals surface area contributed by atoms with Crippen LogP contribution in [0.5, 0.6) is 5.75 Å². The van der Waals surface area contributed by atoms with Crippen LogP contribution < -0.4 is 14.5 Å². The largest absolute Gasteiger partial charge is 0.497 e. The molecule has 140 valence electrons. The number of carbonyl (C=O) groups is 2. The molecule has 0 N–H and O–H groups in total. The SMILES string of the molecule is COc1ccc(N2C(=O)CN(c3ccccc3)C(=O)[C@@H]2c2cccnc2)cc1. The Morgan fingerprint density at radius 2 is 1.68 bits per heavy atom. The van der Waals surface area contributed by atoms with Crippen LogP contribution in [-0.2, 0) is 9.59 Å². The number of carbonyl (C=O) groups excluding carboxylic acids is 2. The van der Waals surface area contributed by atoms with Gasteiger partial charge in [0.25, 0.3) is 5.91 Å². The fourth-order valence-corrected chi connectivity index (χ4v) is 3.38. The number of pyridine rings is 1. The third-order valence-electron chi connectivity index (χ3n) is 4.74. The molecule has 6 heteroatoms. The number of ether oxygens (including phenoxy) is 1. The fraction of sp³-hybridized carbons (Fsp3) is 0.136. The van der Waals surface area contributed by atoms with Gasteiger partial charge in [0.05, 0.1) is 7.11 Å². The van der Waals surface area contributed by atoms with Crippen LogP contribution in [0.2, 0.25) is 0 Å². The first kappa shape index (κ1) is 17.7. The topological polar surface area (TPSA) is 62.7 Å². The average molecular weight is 373 g/mol. The van der Waals surface area contributed by atoms with E-state index in [4.69, 9.17) is 4.74 Å². The van der Waals surface area contributed by atoms with Gasteiger partial charge < -0.3 is 9.64 Å². The second-order valence-corrected chi connectivity index (χ2v) is 6.41. The summed E-state index contributed by atoms with van der Waals surface area (Å²) in [5.41, 5.74) is 2.00. The van der Waals surface area contributed by atoms with Gasteiger partial charge in [-0.25, -0.2) is 0 Å². The van der Waals surface area contributed by atoms with E-state index in [1.54, 1.807) is 49.8 Å². The first-order valence-corrected chi connectivity index (χ1v) is 8.91. The quantitative estimate of drug-likeness (QED) is 0.705. The predicted octanol–water partition coefficient (Wildman–Crippen LogP) is 3.21. The van der Waals surface area contributed by atoms with Crippen LogP contribution in [0, 0.1) is 0 Å².